The van der Waals surface area contributed by atoms with Crippen LogP contribution in [0.3, 0.4) is 0 Å². The first-order valence-corrected chi connectivity index (χ1v) is 9.47. The van der Waals surface area contributed by atoms with E-state index < -0.39 is 0 Å². The van der Waals surface area contributed by atoms with Crippen LogP contribution in [-0.4, -0.2) is 52.6 Å². The summed E-state index contributed by atoms with van der Waals surface area (Å²) < 4.78 is 12.9. The average Bonchev–Trinajstić information content (AvgIpc) is 2.65. The molecule has 1 aliphatic heterocycles. The fourth-order valence-corrected chi connectivity index (χ4v) is 3.69. The molecule has 25 heavy (non-hydrogen) atoms. The highest BCUT2D eigenvalue weighted by molar-refractivity contribution is 7.99. The Morgan fingerprint density at radius 3 is 2.56 bits per heavy atom. The quantitative estimate of drug-likeness (QED) is 0.743. The van der Waals surface area contributed by atoms with E-state index in [1.807, 2.05) is 17.2 Å². The lowest BCUT2D eigenvalue weighted by molar-refractivity contribution is -0.132. The van der Waals surface area contributed by atoms with Crippen molar-refractivity contribution in [3.8, 4) is 0 Å². The zero-order valence-electron chi connectivity index (χ0n) is 14.1. The highest BCUT2D eigenvalue weighted by atomic mass is 32.2. The third kappa shape index (κ3) is 5.54. The van der Waals surface area contributed by atoms with Gasteiger partial charge in [0.25, 0.3) is 0 Å². The molecule has 0 radical (unpaired) electrons. The van der Waals surface area contributed by atoms with Crippen LogP contribution in [0.2, 0.25) is 0 Å². The first-order valence-electron chi connectivity index (χ1n) is 8.48. The summed E-state index contributed by atoms with van der Waals surface area (Å²) in [4.78, 5) is 21.8. The minimum Gasteiger partial charge on any atom is -0.340 e. The number of carbonyl (C=O) groups excluding carboxylic acids is 1. The summed E-state index contributed by atoms with van der Waals surface area (Å²) in [5, 5.41) is 0. The molecule has 0 bridgehead atoms. The molecule has 1 aliphatic rings. The van der Waals surface area contributed by atoms with Gasteiger partial charge in [0.1, 0.15) is 5.82 Å². The minimum atomic E-state index is -0.232. The molecule has 3 rings (SSSR count). The van der Waals surface area contributed by atoms with Gasteiger partial charge >= 0.3 is 0 Å². The molecule has 6 heteroatoms. The van der Waals surface area contributed by atoms with Gasteiger partial charge in [-0.3, -0.25) is 14.7 Å². The molecule has 2 heterocycles. The molecule has 1 aromatic carbocycles. The molecule has 0 N–H and O–H groups in total. The Hall–Kier alpha value is -1.92. The molecule has 0 spiro atoms. The average molecular weight is 359 g/mol. The van der Waals surface area contributed by atoms with Crippen molar-refractivity contribution in [3.63, 3.8) is 0 Å². The van der Waals surface area contributed by atoms with Gasteiger partial charge < -0.3 is 4.90 Å². The number of thioether (sulfide) groups is 1. The highest BCUT2D eigenvalue weighted by Gasteiger charge is 2.20. The van der Waals surface area contributed by atoms with Crippen LogP contribution >= 0.6 is 11.8 Å². The van der Waals surface area contributed by atoms with E-state index in [-0.39, 0.29) is 11.7 Å². The maximum absolute atomic E-state index is 12.9. The molecule has 4 nitrogen and oxygen atoms in total. The number of aromatic nitrogens is 1. The molecule has 2 aromatic rings. The minimum absolute atomic E-state index is 0.204. The summed E-state index contributed by atoms with van der Waals surface area (Å²) >= 11 is 1.59. The Labute approximate surface area is 152 Å². The fourth-order valence-electron chi connectivity index (χ4n) is 2.85. The highest BCUT2D eigenvalue weighted by Crippen LogP contribution is 2.19. The zero-order valence-corrected chi connectivity index (χ0v) is 14.9. The van der Waals surface area contributed by atoms with Crippen LogP contribution in [0, 0.1) is 5.82 Å². The maximum atomic E-state index is 12.9. The van der Waals surface area contributed by atoms with Gasteiger partial charge in [0.05, 0.1) is 0 Å². The van der Waals surface area contributed by atoms with Crippen molar-refractivity contribution in [2.75, 3.05) is 31.9 Å². The number of benzene rings is 1. The van der Waals surface area contributed by atoms with Gasteiger partial charge in [-0.25, -0.2) is 4.39 Å². The topological polar surface area (TPSA) is 36.4 Å². The standard InChI is InChI=1S/C19H22FN3OS/c20-17-3-5-18(6-4-17)25-13-7-19(24)23-11-9-22(10-12-23)15-16-2-1-8-21-14-16/h1-6,8,14H,7,9-13,15H2. The second kappa shape index (κ2) is 8.97. The van der Waals surface area contributed by atoms with E-state index in [1.54, 1.807) is 30.1 Å². The molecular formula is C19H22FN3OS. The van der Waals surface area contributed by atoms with E-state index in [2.05, 4.69) is 16.0 Å². The number of hydrogen-bond donors (Lipinski definition) is 0. The summed E-state index contributed by atoms with van der Waals surface area (Å²) in [5.41, 5.74) is 1.21. The maximum Gasteiger partial charge on any atom is 0.223 e. The van der Waals surface area contributed by atoms with Crippen LogP contribution in [-0.2, 0) is 11.3 Å². The SMILES string of the molecule is O=C(CCSc1ccc(F)cc1)N1CCN(Cc2cccnc2)CC1. The second-order valence-electron chi connectivity index (χ2n) is 6.07. The molecule has 0 atom stereocenters. The Kier molecular flexibility index (Phi) is 6.42. The summed E-state index contributed by atoms with van der Waals surface area (Å²) in [6, 6.07) is 10.4. The molecule has 1 fully saturated rings. The number of carbonyl (C=O) groups is 1. The predicted octanol–water partition coefficient (Wildman–Crippen LogP) is 3.05. The molecule has 1 aromatic heterocycles. The Balaban J connectivity index is 1.37. The molecule has 0 aliphatic carbocycles. The summed E-state index contributed by atoms with van der Waals surface area (Å²) in [6.07, 6.45) is 4.19. The van der Waals surface area contributed by atoms with Crippen LogP contribution in [0.5, 0.6) is 0 Å². The van der Waals surface area contributed by atoms with Crippen molar-refractivity contribution in [2.45, 2.75) is 17.9 Å². The number of pyridine rings is 1. The van der Waals surface area contributed by atoms with E-state index in [0.717, 1.165) is 43.4 Å². The summed E-state index contributed by atoms with van der Waals surface area (Å²) in [6.45, 7) is 4.23. The number of nitrogens with zero attached hydrogens (tertiary/aromatic N) is 3. The van der Waals surface area contributed by atoms with Crippen molar-refractivity contribution in [3.05, 3.63) is 60.2 Å². The van der Waals surface area contributed by atoms with Crippen molar-refractivity contribution < 1.29 is 9.18 Å². The van der Waals surface area contributed by atoms with Gasteiger partial charge in [-0.2, -0.15) is 0 Å². The molecule has 1 amide bonds. The lowest BCUT2D eigenvalue weighted by Crippen LogP contribution is -2.48. The van der Waals surface area contributed by atoms with Crippen LogP contribution < -0.4 is 0 Å². The number of hydrogen-bond acceptors (Lipinski definition) is 4. The van der Waals surface area contributed by atoms with Crippen molar-refractivity contribution in [2.24, 2.45) is 0 Å². The second-order valence-corrected chi connectivity index (χ2v) is 7.24. The van der Waals surface area contributed by atoms with Gasteiger partial charge in [0, 0.05) is 62.2 Å². The van der Waals surface area contributed by atoms with Crippen LogP contribution in [0.25, 0.3) is 0 Å². The van der Waals surface area contributed by atoms with Gasteiger partial charge in [-0.05, 0) is 35.9 Å². The lowest BCUT2D eigenvalue weighted by Gasteiger charge is -2.34. The molecule has 132 valence electrons. The normalized spacial score (nSPS) is 15.3. The third-order valence-electron chi connectivity index (χ3n) is 4.25. The lowest BCUT2D eigenvalue weighted by atomic mass is 10.2. The van der Waals surface area contributed by atoms with Crippen molar-refractivity contribution in [1.82, 2.24) is 14.8 Å². The summed E-state index contributed by atoms with van der Waals surface area (Å²) in [7, 11) is 0. The van der Waals surface area contributed by atoms with Crippen LogP contribution in [0.1, 0.15) is 12.0 Å². The number of amides is 1. The van der Waals surface area contributed by atoms with E-state index in [9.17, 15) is 9.18 Å². The molecule has 0 saturated carbocycles. The van der Waals surface area contributed by atoms with Crippen LogP contribution in [0.15, 0.2) is 53.7 Å². The zero-order chi connectivity index (χ0) is 17.5. The first kappa shape index (κ1) is 17.9. The fraction of sp³-hybridized carbons (Fsp3) is 0.368. The van der Waals surface area contributed by atoms with Gasteiger partial charge in [-0.15, -0.1) is 11.8 Å². The molecular weight excluding hydrogens is 337 g/mol. The third-order valence-corrected chi connectivity index (χ3v) is 5.27. The number of piperazine rings is 1. The van der Waals surface area contributed by atoms with E-state index in [0.29, 0.717) is 6.42 Å². The summed E-state index contributed by atoms with van der Waals surface area (Å²) in [5.74, 6) is 0.695. The van der Waals surface area contributed by atoms with Crippen molar-refractivity contribution >= 4 is 17.7 Å². The monoisotopic (exact) mass is 359 g/mol. The predicted molar refractivity (Wildman–Crippen MR) is 97.8 cm³/mol. The number of rotatable bonds is 6. The van der Waals surface area contributed by atoms with Crippen molar-refractivity contribution in [1.29, 1.82) is 0 Å². The van der Waals surface area contributed by atoms with E-state index in [1.165, 1.54) is 17.7 Å². The largest absolute Gasteiger partial charge is 0.340 e. The molecule has 0 unspecified atom stereocenters. The van der Waals surface area contributed by atoms with Gasteiger partial charge in [-0.1, -0.05) is 6.07 Å². The molecule has 1 saturated heterocycles. The Morgan fingerprint density at radius 1 is 1.12 bits per heavy atom. The smallest absolute Gasteiger partial charge is 0.223 e. The van der Waals surface area contributed by atoms with Gasteiger partial charge in [0.15, 0.2) is 0 Å². The Bertz CT molecular complexity index is 673. The first-order chi connectivity index (χ1) is 12.2. The Morgan fingerprint density at radius 2 is 1.88 bits per heavy atom. The van der Waals surface area contributed by atoms with E-state index in [4.69, 9.17) is 0 Å². The van der Waals surface area contributed by atoms with Gasteiger partial charge in [0.2, 0.25) is 5.91 Å². The van der Waals surface area contributed by atoms with E-state index >= 15 is 0 Å². The van der Waals surface area contributed by atoms with Crippen LogP contribution in [0.4, 0.5) is 4.39 Å². The number of halogens is 1.